The number of nitrogens with zero attached hydrogens (tertiary/aromatic N) is 1. The van der Waals surface area contributed by atoms with Gasteiger partial charge in [-0.3, -0.25) is 0 Å². The summed E-state index contributed by atoms with van der Waals surface area (Å²) in [7, 11) is -3.27. The van der Waals surface area contributed by atoms with Crippen molar-refractivity contribution in [1.29, 1.82) is 0 Å². The van der Waals surface area contributed by atoms with E-state index in [-0.39, 0.29) is 12.4 Å². The Balaban J connectivity index is 2.82. The van der Waals surface area contributed by atoms with E-state index in [0.717, 1.165) is 11.1 Å². The molecule has 0 radical (unpaired) electrons. The summed E-state index contributed by atoms with van der Waals surface area (Å²) in [6.07, 6.45) is 0. The molecule has 0 spiro atoms. The standard InChI is InChI=1S/C14H23NO3S/c1-4-15(9-12(2)3)19(17,18)11-14-7-5-13(10-16)6-8-14/h5-8,12,16H,4,9-11H2,1-3H3. The number of aliphatic hydroxyl groups excluding tert-OH is 1. The van der Waals surface area contributed by atoms with Crippen LogP contribution in [0.4, 0.5) is 0 Å². The highest BCUT2D eigenvalue weighted by Crippen LogP contribution is 2.13. The molecule has 0 unspecified atom stereocenters. The molecule has 0 aromatic heterocycles. The summed E-state index contributed by atoms with van der Waals surface area (Å²) < 4.78 is 26.1. The van der Waals surface area contributed by atoms with E-state index < -0.39 is 10.0 Å². The first kappa shape index (κ1) is 16.1. The number of rotatable bonds is 7. The molecule has 0 bridgehead atoms. The zero-order valence-corrected chi connectivity index (χ0v) is 12.7. The zero-order valence-electron chi connectivity index (χ0n) is 11.8. The Hall–Kier alpha value is -0.910. The van der Waals surface area contributed by atoms with Gasteiger partial charge in [0.15, 0.2) is 0 Å². The number of hydrogen-bond acceptors (Lipinski definition) is 3. The molecule has 1 aromatic carbocycles. The zero-order chi connectivity index (χ0) is 14.5. The van der Waals surface area contributed by atoms with E-state index >= 15 is 0 Å². The molecule has 0 saturated carbocycles. The van der Waals surface area contributed by atoms with Crippen LogP contribution in [0.15, 0.2) is 24.3 Å². The van der Waals surface area contributed by atoms with Crippen LogP contribution in [0.5, 0.6) is 0 Å². The van der Waals surface area contributed by atoms with E-state index in [0.29, 0.717) is 19.0 Å². The van der Waals surface area contributed by atoms with Gasteiger partial charge in [-0.25, -0.2) is 12.7 Å². The van der Waals surface area contributed by atoms with Crippen LogP contribution in [0.2, 0.25) is 0 Å². The largest absolute Gasteiger partial charge is 0.392 e. The highest BCUT2D eigenvalue weighted by molar-refractivity contribution is 7.88. The summed E-state index contributed by atoms with van der Waals surface area (Å²) in [4.78, 5) is 0. The molecular weight excluding hydrogens is 262 g/mol. The quantitative estimate of drug-likeness (QED) is 0.833. The minimum absolute atomic E-state index is 0.0132. The number of sulfonamides is 1. The van der Waals surface area contributed by atoms with Crippen molar-refractivity contribution in [3.05, 3.63) is 35.4 Å². The number of hydrogen-bond donors (Lipinski definition) is 1. The predicted octanol–water partition coefficient (Wildman–Crippen LogP) is 1.99. The van der Waals surface area contributed by atoms with E-state index in [1.165, 1.54) is 4.31 Å². The van der Waals surface area contributed by atoms with Crippen molar-refractivity contribution in [3.8, 4) is 0 Å². The molecule has 0 saturated heterocycles. The van der Waals surface area contributed by atoms with Crippen molar-refractivity contribution in [2.75, 3.05) is 13.1 Å². The smallest absolute Gasteiger partial charge is 0.218 e. The molecule has 0 amide bonds. The molecule has 0 aliphatic carbocycles. The van der Waals surface area contributed by atoms with Gasteiger partial charge in [0.25, 0.3) is 0 Å². The van der Waals surface area contributed by atoms with Gasteiger partial charge >= 0.3 is 0 Å². The summed E-state index contributed by atoms with van der Waals surface area (Å²) in [6.45, 7) is 6.89. The second kappa shape index (κ2) is 7.03. The topological polar surface area (TPSA) is 57.6 Å². The molecule has 0 fully saturated rings. The van der Waals surface area contributed by atoms with Gasteiger partial charge in [-0.1, -0.05) is 45.0 Å². The molecule has 0 heterocycles. The van der Waals surface area contributed by atoms with Crippen molar-refractivity contribution >= 4 is 10.0 Å². The Bertz CT molecular complexity index is 480. The summed E-state index contributed by atoms with van der Waals surface area (Å²) in [5, 5.41) is 8.96. The van der Waals surface area contributed by atoms with Crippen LogP contribution in [0, 0.1) is 5.92 Å². The molecule has 1 rings (SSSR count). The fraction of sp³-hybridized carbons (Fsp3) is 0.571. The van der Waals surface area contributed by atoms with Crippen LogP contribution in [0.3, 0.4) is 0 Å². The summed E-state index contributed by atoms with van der Waals surface area (Å²) >= 11 is 0. The molecule has 108 valence electrons. The first-order valence-electron chi connectivity index (χ1n) is 6.55. The normalized spacial score (nSPS) is 12.3. The molecule has 0 aliphatic rings. The molecular formula is C14H23NO3S. The van der Waals surface area contributed by atoms with Crippen molar-refractivity contribution in [2.45, 2.75) is 33.1 Å². The molecule has 0 aliphatic heterocycles. The van der Waals surface area contributed by atoms with E-state index in [1.807, 2.05) is 20.8 Å². The minimum Gasteiger partial charge on any atom is -0.392 e. The lowest BCUT2D eigenvalue weighted by Gasteiger charge is -2.22. The maximum absolute atomic E-state index is 12.3. The van der Waals surface area contributed by atoms with Crippen molar-refractivity contribution in [1.82, 2.24) is 4.31 Å². The van der Waals surface area contributed by atoms with Gasteiger partial charge in [0, 0.05) is 13.1 Å². The van der Waals surface area contributed by atoms with Gasteiger partial charge in [0.1, 0.15) is 0 Å². The first-order valence-corrected chi connectivity index (χ1v) is 8.16. The highest BCUT2D eigenvalue weighted by atomic mass is 32.2. The maximum atomic E-state index is 12.3. The summed E-state index contributed by atoms with van der Waals surface area (Å²) in [5.74, 6) is 0.325. The van der Waals surface area contributed by atoms with Crippen LogP contribution in [-0.2, 0) is 22.4 Å². The Kier molecular flexibility index (Phi) is 5.97. The van der Waals surface area contributed by atoms with Crippen molar-refractivity contribution in [2.24, 2.45) is 5.92 Å². The fourth-order valence-electron chi connectivity index (χ4n) is 1.89. The Morgan fingerprint density at radius 3 is 2.11 bits per heavy atom. The fourth-order valence-corrected chi connectivity index (χ4v) is 3.60. The van der Waals surface area contributed by atoms with Crippen LogP contribution in [-0.4, -0.2) is 30.9 Å². The maximum Gasteiger partial charge on any atom is 0.218 e. The molecule has 4 nitrogen and oxygen atoms in total. The Morgan fingerprint density at radius 2 is 1.68 bits per heavy atom. The van der Waals surface area contributed by atoms with E-state index in [2.05, 4.69) is 0 Å². The summed E-state index contributed by atoms with van der Waals surface area (Å²) in [5.41, 5.74) is 1.54. The third kappa shape index (κ3) is 4.93. The van der Waals surface area contributed by atoms with Gasteiger partial charge in [-0.15, -0.1) is 0 Å². The average Bonchev–Trinajstić information content (AvgIpc) is 2.36. The van der Waals surface area contributed by atoms with Crippen molar-refractivity contribution in [3.63, 3.8) is 0 Å². The molecule has 1 N–H and O–H groups in total. The minimum atomic E-state index is -3.27. The van der Waals surface area contributed by atoms with Crippen molar-refractivity contribution < 1.29 is 13.5 Å². The Labute approximate surface area is 116 Å². The summed E-state index contributed by atoms with van der Waals surface area (Å²) in [6, 6.07) is 7.02. The second-order valence-electron chi connectivity index (χ2n) is 5.08. The lowest BCUT2D eigenvalue weighted by atomic mass is 10.2. The third-order valence-electron chi connectivity index (χ3n) is 2.87. The Morgan fingerprint density at radius 1 is 1.16 bits per heavy atom. The molecule has 0 atom stereocenters. The predicted molar refractivity (Wildman–Crippen MR) is 77.1 cm³/mol. The van der Waals surface area contributed by atoms with Crippen LogP contribution >= 0.6 is 0 Å². The monoisotopic (exact) mass is 285 g/mol. The van der Waals surface area contributed by atoms with Gasteiger partial charge in [0.2, 0.25) is 10.0 Å². The third-order valence-corrected chi connectivity index (χ3v) is 4.76. The SMILES string of the molecule is CCN(CC(C)C)S(=O)(=O)Cc1ccc(CO)cc1. The van der Waals surface area contributed by atoms with E-state index in [4.69, 9.17) is 5.11 Å². The lowest BCUT2D eigenvalue weighted by Crippen LogP contribution is -2.34. The van der Waals surface area contributed by atoms with Gasteiger partial charge in [-0.05, 0) is 17.0 Å². The van der Waals surface area contributed by atoms with Gasteiger partial charge in [-0.2, -0.15) is 0 Å². The molecule has 19 heavy (non-hydrogen) atoms. The lowest BCUT2D eigenvalue weighted by molar-refractivity contribution is 0.282. The van der Waals surface area contributed by atoms with Gasteiger partial charge in [0.05, 0.1) is 12.4 Å². The number of benzene rings is 1. The average molecular weight is 285 g/mol. The van der Waals surface area contributed by atoms with E-state index in [9.17, 15) is 8.42 Å². The van der Waals surface area contributed by atoms with Crippen LogP contribution < -0.4 is 0 Å². The van der Waals surface area contributed by atoms with E-state index in [1.54, 1.807) is 24.3 Å². The number of aliphatic hydroxyl groups is 1. The first-order chi connectivity index (χ1) is 8.89. The molecule has 5 heteroatoms. The molecule has 1 aromatic rings. The van der Waals surface area contributed by atoms with Gasteiger partial charge < -0.3 is 5.11 Å². The second-order valence-corrected chi connectivity index (χ2v) is 7.04. The highest BCUT2D eigenvalue weighted by Gasteiger charge is 2.21. The van der Waals surface area contributed by atoms with Crippen LogP contribution in [0.25, 0.3) is 0 Å². The van der Waals surface area contributed by atoms with Crippen LogP contribution in [0.1, 0.15) is 31.9 Å².